The van der Waals surface area contributed by atoms with E-state index in [4.69, 9.17) is 17.3 Å². The van der Waals surface area contributed by atoms with E-state index in [2.05, 4.69) is 14.8 Å². The average Bonchev–Trinajstić information content (AvgIpc) is 2.90. The molecule has 9 nitrogen and oxygen atoms in total. The van der Waals surface area contributed by atoms with E-state index in [9.17, 15) is 16.8 Å². The first kappa shape index (κ1) is 28.8. The summed E-state index contributed by atoms with van der Waals surface area (Å²) in [5.41, 5.74) is 9.89. The van der Waals surface area contributed by atoms with E-state index < -0.39 is 20.0 Å². The molecule has 3 aromatic carbocycles. The van der Waals surface area contributed by atoms with E-state index in [1.807, 2.05) is 31.1 Å². The van der Waals surface area contributed by atoms with Gasteiger partial charge in [0.15, 0.2) is 0 Å². The predicted octanol–water partition coefficient (Wildman–Crippen LogP) is 3.26. The van der Waals surface area contributed by atoms with E-state index >= 15 is 0 Å². The van der Waals surface area contributed by atoms with E-state index in [1.165, 1.54) is 0 Å². The summed E-state index contributed by atoms with van der Waals surface area (Å²) in [5, 5.41) is 4.06. The highest BCUT2D eigenvalue weighted by Crippen LogP contribution is 2.36. The van der Waals surface area contributed by atoms with Crippen LogP contribution in [0.4, 0.5) is 11.4 Å². The zero-order valence-electron chi connectivity index (χ0n) is 22.4. The zero-order chi connectivity index (χ0) is 28.7. The van der Waals surface area contributed by atoms with Crippen LogP contribution in [0.2, 0.25) is 5.02 Å². The van der Waals surface area contributed by atoms with Gasteiger partial charge < -0.3 is 16.0 Å². The second-order valence-electron chi connectivity index (χ2n) is 10.6. The van der Waals surface area contributed by atoms with Crippen molar-refractivity contribution in [2.24, 2.45) is 5.92 Å². The van der Waals surface area contributed by atoms with Crippen molar-refractivity contribution >= 4 is 43.0 Å². The van der Waals surface area contributed by atoms with E-state index in [0.29, 0.717) is 30.0 Å². The Morgan fingerprint density at radius 1 is 0.975 bits per heavy atom. The number of nitrogens with two attached hydrogens (primary N) is 1. The lowest BCUT2D eigenvalue weighted by Crippen LogP contribution is -2.50. The first-order valence-electron chi connectivity index (χ1n) is 13.2. The summed E-state index contributed by atoms with van der Waals surface area (Å²) in [6.07, 6.45) is 2.12. The van der Waals surface area contributed by atoms with Crippen LogP contribution in [0.3, 0.4) is 0 Å². The van der Waals surface area contributed by atoms with Crippen molar-refractivity contribution in [2.75, 3.05) is 37.8 Å². The van der Waals surface area contributed by atoms with Crippen LogP contribution in [0.25, 0.3) is 0 Å². The summed E-state index contributed by atoms with van der Waals surface area (Å²) < 4.78 is 58.7. The molecule has 1 aliphatic carbocycles. The van der Waals surface area contributed by atoms with Crippen LogP contribution in [0.15, 0.2) is 70.5 Å². The maximum atomic E-state index is 13.6. The molecule has 3 aromatic rings. The highest BCUT2D eigenvalue weighted by molar-refractivity contribution is 7.90. The first-order valence-corrected chi connectivity index (χ1v) is 16.5. The fourth-order valence-electron chi connectivity index (χ4n) is 5.37. The molecule has 0 aromatic heterocycles. The Balaban J connectivity index is 1.32. The molecule has 0 radical (unpaired) electrons. The number of hydrogen-bond donors (Lipinski definition) is 4. The van der Waals surface area contributed by atoms with Crippen LogP contribution in [-0.2, 0) is 26.5 Å². The number of nitrogen functional groups attached to an aromatic ring is 1. The van der Waals surface area contributed by atoms with Crippen molar-refractivity contribution in [3.8, 4) is 0 Å². The summed E-state index contributed by atoms with van der Waals surface area (Å²) in [7, 11) is -3.99. The molecule has 12 heteroatoms. The van der Waals surface area contributed by atoms with Gasteiger partial charge >= 0.3 is 0 Å². The Bertz CT molecular complexity index is 1610. The molecule has 1 unspecified atom stereocenters. The van der Waals surface area contributed by atoms with E-state index in [0.717, 1.165) is 23.2 Å². The summed E-state index contributed by atoms with van der Waals surface area (Å²) >= 11 is 6.20. The molecular formula is C28H34ClN5O4S2. The largest absolute Gasteiger partial charge is 0.398 e. The quantitative estimate of drug-likeness (QED) is 0.276. The molecule has 1 heterocycles. The highest BCUT2D eigenvalue weighted by Gasteiger charge is 2.36. The number of nitrogens with zero attached hydrogens (tertiary/aromatic N) is 1. The van der Waals surface area contributed by atoms with Gasteiger partial charge in [-0.1, -0.05) is 29.8 Å². The SMILES string of the molecule is CN(C)c1ccc(S(=O)(=O)N[C@H]2CC[C@@H]2CNS(=O)(=O)c2c(N)cccc2C2NCCc3cc(Cl)ccc32)cc1. The number of nitrogens with one attached hydrogen (secondary N) is 3. The Kier molecular flexibility index (Phi) is 8.15. The minimum atomic E-state index is -4.01. The number of anilines is 2. The third-order valence-corrected chi connectivity index (χ3v) is 11.0. The number of rotatable bonds is 9. The fraction of sp³-hybridized carbons (Fsp3) is 0.357. The Morgan fingerprint density at radius 3 is 2.40 bits per heavy atom. The molecule has 1 saturated carbocycles. The number of fused-ring (bicyclic) bond motifs is 1. The summed E-state index contributed by atoms with van der Waals surface area (Å²) in [6.45, 7) is 0.759. The van der Waals surface area contributed by atoms with Crippen LogP contribution in [0.5, 0.6) is 0 Å². The molecule has 214 valence electrons. The smallest absolute Gasteiger partial charge is 0.242 e. The second-order valence-corrected chi connectivity index (χ2v) is 14.4. The number of sulfonamides is 2. The minimum absolute atomic E-state index is 0.0349. The molecule has 0 bridgehead atoms. The van der Waals surface area contributed by atoms with Gasteiger partial charge in [0.25, 0.3) is 0 Å². The molecule has 0 spiro atoms. The average molecular weight is 604 g/mol. The molecule has 40 heavy (non-hydrogen) atoms. The topological polar surface area (TPSA) is 134 Å². The van der Waals surface area contributed by atoms with Crippen molar-refractivity contribution in [3.05, 3.63) is 82.4 Å². The summed E-state index contributed by atoms with van der Waals surface area (Å²) in [5.74, 6) is -0.186. The van der Waals surface area contributed by atoms with Gasteiger partial charge in [-0.2, -0.15) is 0 Å². The van der Waals surface area contributed by atoms with Crippen molar-refractivity contribution < 1.29 is 16.8 Å². The van der Waals surface area contributed by atoms with Gasteiger partial charge in [-0.3, -0.25) is 0 Å². The molecule has 5 rings (SSSR count). The Hall–Kier alpha value is -2.67. The van der Waals surface area contributed by atoms with Crippen molar-refractivity contribution in [1.82, 2.24) is 14.8 Å². The maximum Gasteiger partial charge on any atom is 0.242 e. The van der Waals surface area contributed by atoms with E-state index in [-0.39, 0.29) is 40.0 Å². The third kappa shape index (κ3) is 5.86. The molecule has 0 saturated heterocycles. The van der Waals surface area contributed by atoms with Gasteiger partial charge in [-0.15, -0.1) is 0 Å². The van der Waals surface area contributed by atoms with Gasteiger partial charge in [0.05, 0.1) is 16.6 Å². The van der Waals surface area contributed by atoms with Crippen molar-refractivity contribution in [1.29, 1.82) is 0 Å². The van der Waals surface area contributed by atoms with Gasteiger partial charge in [0.2, 0.25) is 20.0 Å². The normalized spacial score (nSPS) is 20.9. The number of benzene rings is 3. The second kappa shape index (κ2) is 11.3. The summed E-state index contributed by atoms with van der Waals surface area (Å²) in [4.78, 5) is 2.10. The lowest BCUT2D eigenvalue weighted by Gasteiger charge is -2.37. The maximum absolute atomic E-state index is 13.6. The Labute approximate surface area is 241 Å². The number of halogens is 1. The molecule has 3 atom stereocenters. The Morgan fingerprint density at radius 2 is 1.73 bits per heavy atom. The third-order valence-electron chi connectivity index (χ3n) is 7.74. The number of hydrogen-bond acceptors (Lipinski definition) is 7. The standard InChI is InChI=1S/C28H34ClN5O4S2/c1-34(2)21-8-10-22(11-9-21)39(35,36)33-26-13-6-19(26)17-32-40(37,38)28-24(4-3-5-25(28)30)27-23-12-7-20(29)16-18(23)14-15-31-27/h3-5,7-12,16,19,26-27,31-33H,6,13-15,17,30H2,1-2H3/t19-,26+,27?/m1/s1. The van der Waals surface area contributed by atoms with Crippen LogP contribution in [0, 0.1) is 5.92 Å². The van der Waals surface area contributed by atoms with Gasteiger partial charge in [0.1, 0.15) is 4.90 Å². The predicted molar refractivity (Wildman–Crippen MR) is 159 cm³/mol. The van der Waals surface area contributed by atoms with E-state index in [1.54, 1.807) is 48.5 Å². The summed E-state index contributed by atoms with van der Waals surface area (Å²) in [6, 6.07) is 16.6. The first-order chi connectivity index (χ1) is 19.0. The van der Waals surface area contributed by atoms with Gasteiger partial charge in [0, 0.05) is 43.9 Å². The lowest BCUT2D eigenvalue weighted by molar-refractivity contribution is 0.239. The fourth-order valence-corrected chi connectivity index (χ4v) is 8.36. The van der Waals surface area contributed by atoms with Crippen LogP contribution in [0.1, 0.15) is 35.6 Å². The highest BCUT2D eigenvalue weighted by atomic mass is 35.5. The lowest BCUT2D eigenvalue weighted by atomic mass is 9.80. The molecule has 0 amide bonds. The molecular weight excluding hydrogens is 570 g/mol. The minimum Gasteiger partial charge on any atom is -0.398 e. The molecule has 5 N–H and O–H groups in total. The van der Waals surface area contributed by atoms with Gasteiger partial charge in [-0.05, 0) is 84.3 Å². The van der Waals surface area contributed by atoms with Crippen LogP contribution >= 0.6 is 11.6 Å². The molecule has 1 fully saturated rings. The van der Waals surface area contributed by atoms with Crippen molar-refractivity contribution in [3.63, 3.8) is 0 Å². The van der Waals surface area contributed by atoms with Gasteiger partial charge in [-0.25, -0.2) is 26.3 Å². The van der Waals surface area contributed by atoms with Crippen LogP contribution in [-0.4, -0.2) is 50.1 Å². The molecule has 1 aliphatic heterocycles. The van der Waals surface area contributed by atoms with Crippen LogP contribution < -0.4 is 25.4 Å². The van der Waals surface area contributed by atoms with Crippen molar-refractivity contribution in [2.45, 2.75) is 41.1 Å². The zero-order valence-corrected chi connectivity index (χ0v) is 24.8. The monoisotopic (exact) mass is 603 g/mol. The molecule has 2 aliphatic rings.